The van der Waals surface area contributed by atoms with Crippen molar-refractivity contribution in [3.8, 4) is 0 Å². The molecule has 2 aromatic rings. The molecule has 0 saturated carbocycles. The Bertz CT molecular complexity index is 538. The van der Waals surface area contributed by atoms with Gasteiger partial charge in [0.2, 0.25) is 0 Å². The molecule has 108 valence electrons. The van der Waals surface area contributed by atoms with Gasteiger partial charge in [-0.3, -0.25) is 4.79 Å². The minimum absolute atomic E-state index is 0.0550. The van der Waals surface area contributed by atoms with Gasteiger partial charge in [0.05, 0.1) is 19.4 Å². The Morgan fingerprint density at radius 1 is 1.65 bits per heavy atom. The highest BCUT2D eigenvalue weighted by Gasteiger charge is 2.17. The van der Waals surface area contributed by atoms with Gasteiger partial charge in [0.1, 0.15) is 17.4 Å². The lowest BCUT2D eigenvalue weighted by molar-refractivity contribution is 0.0296. The molecule has 0 aliphatic carbocycles. The number of nitrogens with one attached hydrogen (secondary N) is 1. The lowest BCUT2D eigenvalue weighted by Crippen LogP contribution is -2.29. The van der Waals surface area contributed by atoms with Crippen LogP contribution in [0.25, 0.3) is 0 Å². The molecule has 6 nitrogen and oxygen atoms in total. The Balaban J connectivity index is 1.95. The maximum absolute atomic E-state index is 12.0. The van der Waals surface area contributed by atoms with Crippen molar-refractivity contribution in [1.29, 1.82) is 0 Å². The minimum atomic E-state index is -0.272. The Morgan fingerprint density at radius 2 is 2.50 bits per heavy atom. The number of rotatable bonds is 7. The van der Waals surface area contributed by atoms with Crippen molar-refractivity contribution in [2.45, 2.75) is 13.0 Å². The van der Waals surface area contributed by atoms with Gasteiger partial charge in [-0.15, -0.1) is 11.3 Å². The summed E-state index contributed by atoms with van der Waals surface area (Å²) in [5, 5.41) is 17.1. The summed E-state index contributed by atoms with van der Waals surface area (Å²) in [6.45, 7) is 2.18. The van der Waals surface area contributed by atoms with E-state index in [0.717, 1.165) is 4.88 Å². The van der Waals surface area contributed by atoms with Crippen molar-refractivity contribution in [1.82, 2.24) is 10.5 Å². The average molecular weight is 296 g/mol. The number of carbonyl (C=O) groups excluding carboxylic acids is 1. The van der Waals surface area contributed by atoms with Crippen LogP contribution < -0.4 is 5.32 Å². The van der Waals surface area contributed by atoms with E-state index in [1.54, 1.807) is 18.3 Å². The molecule has 2 rings (SSSR count). The molecular formula is C13H16N2O4S. The number of amides is 1. The molecule has 2 N–H and O–H groups in total. The number of carbonyl (C=O) groups is 1. The van der Waals surface area contributed by atoms with Crippen LogP contribution in [0, 0.1) is 6.92 Å². The first-order valence-electron chi connectivity index (χ1n) is 6.17. The molecule has 0 bridgehead atoms. The average Bonchev–Trinajstić information content (AvgIpc) is 3.10. The fraction of sp³-hybridized carbons (Fsp3) is 0.385. The topological polar surface area (TPSA) is 84.6 Å². The van der Waals surface area contributed by atoms with Gasteiger partial charge in [-0.2, -0.15) is 0 Å². The van der Waals surface area contributed by atoms with Gasteiger partial charge in [-0.05, 0) is 18.4 Å². The summed E-state index contributed by atoms with van der Waals surface area (Å²) < 4.78 is 10.4. The summed E-state index contributed by atoms with van der Waals surface area (Å²) in [6, 6.07) is 3.85. The zero-order valence-corrected chi connectivity index (χ0v) is 11.9. The highest BCUT2D eigenvalue weighted by atomic mass is 32.1. The largest absolute Gasteiger partial charge is 0.394 e. The van der Waals surface area contributed by atoms with Gasteiger partial charge in [0.25, 0.3) is 5.91 Å². The Kier molecular flexibility index (Phi) is 5.28. The standard InChI is InChI=1S/C13H16N2O4S/c1-9-10(7-15-19-9)13(17)14-8-11(18-5-4-16)12-3-2-6-20-12/h2-3,6-7,11,16H,4-5,8H2,1H3,(H,14,17)/t11-/m1/s1. The predicted molar refractivity (Wildman–Crippen MR) is 73.7 cm³/mol. The molecule has 1 atom stereocenters. The summed E-state index contributed by atoms with van der Waals surface area (Å²) in [5.74, 6) is 0.226. The highest BCUT2D eigenvalue weighted by Crippen LogP contribution is 2.22. The van der Waals surface area contributed by atoms with E-state index in [1.165, 1.54) is 6.20 Å². The quantitative estimate of drug-likeness (QED) is 0.809. The highest BCUT2D eigenvalue weighted by molar-refractivity contribution is 7.10. The molecule has 0 aliphatic rings. The smallest absolute Gasteiger partial charge is 0.256 e. The van der Waals surface area contributed by atoms with Crippen molar-refractivity contribution < 1.29 is 19.2 Å². The number of hydrogen-bond acceptors (Lipinski definition) is 6. The molecule has 20 heavy (non-hydrogen) atoms. The second-order valence-corrected chi connectivity index (χ2v) is 5.08. The van der Waals surface area contributed by atoms with Crippen LogP contribution in [0.1, 0.15) is 27.1 Å². The van der Waals surface area contributed by atoms with E-state index in [9.17, 15) is 4.79 Å². The van der Waals surface area contributed by atoms with Gasteiger partial charge in [-0.1, -0.05) is 11.2 Å². The van der Waals surface area contributed by atoms with Crippen LogP contribution in [0.2, 0.25) is 0 Å². The third-order valence-corrected chi connectivity index (χ3v) is 3.68. The van der Waals surface area contributed by atoms with E-state index in [2.05, 4.69) is 10.5 Å². The lowest BCUT2D eigenvalue weighted by Gasteiger charge is -2.16. The number of thiophene rings is 1. The number of hydrogen-bond donors (Lipinski definition) is 2. The SMILES string of the molecule is Cc1oncc1C(=O)NC[C@@H](OCCO)c1cccs1. The van der Waals surface area contributed by atoms with Crippen LogP contribution in [0.15, 0.2) is 28.2 Å². The van der Waals surface area contributed by atoms with Gasteiger partial charge in [0, 0.05) is 11.4 Å². The maximum atomic E-state index is 12.0. The van der Waals surface area contributed by atoms with E-state index in [1.807, 2.05) is 17.5 Å². The van der Waals surface area contributed by atoms with Crippen molar-refractivity contribution in [2.75, 3.05) is 19.8 Å². The number of aryl methyl sites for hydroxylation is 1. The first-order valence-corrected chi connectivity index (χ1v) is 7.05. The third kappa shape index (κ3) is 3.66. The number of aliphatic hydroxyl groups is 1. The van der Waals surface area contributed by atoms with Crippen LogP contribution >= 0.6 is 11.3 Å². The summed E-state index contributed by atoms with van der Waals surface area (Å²) >= 11 is 1.54. The van der Waals surface area contributed by atoms with Gasteiger partial charge < -0.3 is 19.7 Å². The van der Waals surface area contributed by atoms with Crippen molar-refractivity contribution in [3.63, 3.8) is 0 Å². The second kappa shape index (κ2) is 7.18. The molecule has 0 spiro atoms. The fourth-order valence-corrected chi connectivity index (χ4v) is 2.48. The minimum Gasteiger partial charge on any atom is -0.394 e. The molecule has 0 fully saturated rings. The number of nitrogens with zero attached hydrogens (tertiary/aromatic N) is 1. The zero-order chi connectivity index (χ0) is 14.4. The molecule has 2 heterocycles. The van der Waals surface area contributed by atoms with Crippen molar-refractivity contribution >= 4 is 17.2 Å². The number of aromatic nitrogens is 1. The summed E-state index contributed by atoms with van der Waals surface area (Å²) in [7, 11) is 0. The molecule has 0 aliphatic heterocycles. The van der Waals surface area contributed by atoms with E-state index in [-0.39, 0.29) is 25.2 Å². The third-order valence-electron chi connectivity index (χ3n) is 2.71. The van der Waals surface area contributed by atoms with Crippen LogP contribution in [-0.4, -0.2) is 35.9 Å². The summed E-state index contributed by atoms with van der Waals surface area (Å²) in [5.41, 5.74) is 0.414. The first-order chi connectivity index (χ1) is 9.72. The molecule has 0 radical (unpaired) electrons. The fourth-order valence-electron chi connectivity index (χ4n) is 1.71. The monoisotopic (exact) mass is 296 g/mol. The van der Waals surface area contributed by atoms with Crippen LogP contribution in [0.5, 0.6) is 0 Å². The van der Waals surface area contributed by atoms with E-state index in [4.69, 9.17) is 14.4 Å². The Hall–Kier alpha value is -1.70. The second-order valence-electron chi connectivity index (χ2n) is 4.10. The van der Waals surface area contributed by atoms with Crippen LogP contribution in [0.3, 0.4) is 0 Å². The Labute approximate surface area is 120 Å². The van der Waals surface area contributed by atoms with E-state index < -0.39 is 0 Å². The van der Waals surface area contributed by atoms with E-state index in [0.29, 0.717) is 17.9 Å². The van der Waals surface area contributed by atoms with Crippen LogP contribution in [-0.2, 0) is 4.74 Å². The van der Waals surface area contributed by atoms with Crippen molar-refractivity contribution in [2.24, 2.45) is 0 Å². The lowest BCUT2D eigenvalue weighted by atomic mass is 10.2. The predicted octanol–water partition coefficient (Wildman–Crippen LogP) is 1.52. The number of ether oxygens (including phenoxy) is 1. The maximum Gasteiger partial charge on any atom is 0.256 e. The normalized spacial score (nSPS) is 12.3. The molecule has 0 saturated heterocycles. The van der Waals surface area contributed by atoms with Crippen molar-refractivity contribution in [3.05, 3.63) is 39.9 Å². The number of aliphatic hydroxyl groups excluding tert-OH is 1. The van der Waals surface area contributed by atoms with Gasteiger partial charge in [0.15, 0.2) is 0 Å². The van der Waals surface area contributed by atoms with E-state index >= 15 is 0 Å². The van der Waals surface area contributed by atoms with Gasteiger partial charge in [-0.25, -0.2) is 0 Å². The molecule has 2 aromatic heterocycles. The molecule has 0 aromatic carbocycles. The zero-order valence-electron chi connectivity index (χ0n) is 11.0. The summed E-state index contributed by atoms with van der Waals surface area (Å²) in [4.78, 5) is 13.0. The van der Waals surface area contributed by atoms with Crippen LogP contribution in [0.4, 0.5) is 0 Å². The molecule has 7 heteroatoms. The Morgan fingerprint density at radius 3 is 3.10 bits per heavy atom. The van der Waals surface area contributed by atoms with Gasteiger partial charge >= 0.3 is 0 Å². The molecule has 0 unspecified atom stereocenters. The summed E-state index contributed by atoms with van der Waals surface area (Å²) in [6.07, 6.45) is 1.12. The first kappa shape index (κ1) is 14.7. The molecular weight excluding hydrogens is 280 g/mol. The molecule has 1 amide bonds.